The fourth-order valence-corrected chi connectivity index (χ4v) is 2.14. The first-order valence-corrected chi connectivity index (χ1v) is 6.32. The van der Waals surface area contributed by atoms with Crippen molar-refractivity contribution in [1.82, 2.24) is 0 Å². The highest BCUT2D eigenvalue weighted by molar-refractivity contribution is 5.71. The van der Waals surface area contributed by atoms with E-state index in [1.165, 1.54) is 11.1 Å². The summed E-state index contributed by atoms with van der Waals surface area (Å²) < 4.78 is 0. The van der Waals surface area contributed by atoms with Crippen LogP contribution >= 0.6 is 0 Å². The van der Waals surface area contributed by atoms with Crippen LogP contribution in [-0.2, 0) is 4.79 Å². The number of benzene rings is 2. The molecule has 2 aromatic carbocycles. The lowest BCUT2D eigenvalue weighted by atomic mass is 9.88. The minimum Gasteiger partial charge on any atom is -0.396 e. The minimum absolute atomic E-state index is 0.223. The van der Waals surface area contributed by atoms with E-state index in [1.54, 1.807) is 6.08 Å². The van der Waals surface area contributed by atoms with Gasteiger partial charge in [-0.25, -0.2) is 0 Å². The van der Waals surface area contributed by atoms with Crippen molar-refractivity contribution in [2.24, 2.45) is 5.73 Å². The number of hydrogen-bond donors (Lipinski definition) is 1. The van der Waals surface area contributed by atoms with E-state index in [2.05, 4.69) is 24.3 Å². The van der Waals surface area contributed by atoms with Crippen LogP contribution in [0.15, 0.2) is 72.4 Å². The number of carbonyl (C=O) groups excluding carboxylic acids is 1. The summed E-state index contributed by atoms with van der Waals surface area (Å²) in [4.78, 5) is 10.6. The lowest BCUT2D eigenvalue weighted by Crippen LogP contribution is -2.03. The fraction of sp³-hybridized carbons (Fsp3) is 0.118. The molecule has 0 aliphatic rings. The Balaban J connectivity index is 2.32. The lowest BCUT2D eigenvalue weighted by Gasteiger charge is -2.16. The maximum atomic E-state index is 10.6. The van der Waals surface area contributed by atoms with Crippen LogP contribution in [0.2, 0.25) is 0 Å². The summed E-state index contributed by atoms with van der Waals surface area (Å²) in [5.74, 6) is 0.223. The maximum Gasteiger partial charge on any atom is 0.165 e. The average Bonchev–Trinajstić information content (AvgIpc) is 2.49. The molecule has 0 radical (unpaired) electrons. The third-order valence-corrected chi connectivity index (χ3v) is 3.13. The molecule has 0 unspecified atom stereocenters. The molecule has 0 spiro atoms. The van der Waals surface area contributed by atoms with Gasteiger partial charge in [0.15, 0.2) is 6.29 Å². The number of carbonyl (C=O) groups is 1. The Hall–Kier alpha value is -2.35. The second kappa shape index (κ2) is 6.55. The van der Waals surface area contributed by atoms with Crippen molar-refractivity contribution in [1.29, 1.82) is 0 Å². The number of rotatable bonds is 5. The largest absolute Gasteiger partial charge is 0.396 e. The molecule has 0 saturated heterocycles. The van der Waals surface area contributed by atoms with Crippen molar-refractivity contribution in [2.75, 3.05) is 0 Å². The van der Waals surface area contributed by atoms with Crippen LogP contribution in [0.5, 0.6) is 0 Å². The summed E-state index contributed by atoms with van der Waals surface area (Å²) in [6, 6.07) is 20.5. The SMILES string of the molecule is NC(C=O)=CCC(c1ccccc1)c1ccccc1. The van der Waals surface area contributed by atoms with Gasteiger partial charge in [0, 0.05) is 5.92 Å². The van der Waals surface area contributed by atoms with Crippen molar-refractivity contribution < 1.29 is 4.79 Å². The molecule has 2 heteroatoms. The van der Waals surface area contributed by atoms with Crippen LogP contribution in [0.3, 0.4) is 0 Å². The van der Waals surface area contributed by atoms with Crippen molar-refractivity contribution in [2.45, 2.75) is 12.3 Å². The first kappa shape index (κ1) is 13.1. The monoisotopic (exact) mass is 251 g/mol. The summed E-state index contributed by atoms with van der Waals surface area (Å²) in [6.45, 7) is 0. The molecule has 0 aliphatic carbocycles. The Morgan fingerprint density at radius 3 is 1.84 bits per heavy atom. The van der Waals surface area contributed by atoms with Gasteiger partial charge in [-0.2, -0.15) is 0 Å². The Labute approximate surface area is 113 Å². The molecular weight excluding hydrogens is 234 g/mol. The average molecular weight is 251 g/mol. The molecular formula is C17H17NO. The summed E-state index contributed by atoms with van der Waals surface area (Å²) >= 11 is 0. The number of nitrogens with two attached hydrogens (primary N) is 1. The molecule has 2 aromatic rings. The Bertz CT molecular complexity index is 506. The van der Waals surface area contributed by atoms with Crippen LogP contribution in [0.1, 0.15) is 23.5 Å². The highest BCUT2D eigenvalue weighted by Crippen LogP contribution is 2.28. The minimum atomic E-state index is 0.223. The standard InChI is InChI=1S/C17H17NO/c18-16(13-19)11-12-17(14-7-3-1-4-8-14)15-9-5-2-6-10-15/h1-11,13,17H,12,18H2. The van der Waals surface area contributed by atoms with Crippen molar-refractivity contribution in [3.63, 3.8) is 0 Å². The van der Waals surface area contributed by atoms with Crippen LogP contribution in [-0.4, -0.2) is 6.29 Å². The predicted molar refractivity (Wildman–Crippen MR) is 77.7 cm³/mol. The molecule has 2 rings (SSSR count). The molecule has 0 atom stereocenters. The quantitative estimate of drug-likeness (QED) is 0.654. The molecule has 0 saturated carbocycles. The maximum absolute atomic E-state index is 10.6. The second-order valence-electron chi connectivity index (χ2n) is 4.43. The van der Waals surface area contributed by atoms with Crippen LogP contribution in [0, 0.1) is 0 Å². The summed E-state index contributed by atoms with van der Waals surface area (Å²) in [5.41, 5.74) is 8.31. The summed E-state index contributed by atoms with van der Waals surface area (Å²) in [7, 11) is 0. The molecule has 19 heavy (non-hydrogen) atoms. The first-order chi connectivity index (χ1) is 9.31. The van der Waals surface area contributed by atoms with Crippen LogP contribution < -0.4 is 5.73 Å². The second-order valence-corrected chi connectivity index (χ2v) is 4.43. The Kier molecular flexibility index (Phi) is 4.51. The van der Waals surface area contributed by atoms with E-state index in [1.807, 2.05) is 36.4 Å². The highest BCUT2D eigenvalue weighted by atomic mass is 16.1. The Morgan fingerprint density at radius 1 is 0.947 bits per heavy atom. The van der Waals surface area contributed by atoms with Gasteiger partial charge in [-0.3, -0.25) is 4.79 Å². The van der Waals surface area contributed by atoms with E-state index in [0.717, 1.165) is 6.42 Å². The fourth-order valence-electron chi connectivity index (χ4n) is 2.14. The lowest BCUT2D eigenvalue weighted by molar-refractivity contribution is -0.105. The van der Waals surface area contributed by atoms with E-state index in [9.17, 15) is 4.79 Å². The molecule has 0 aromatic heterocycles. The number of allylic oxidation sites excluding steroid dienone is 2. The topological polar surface area (TPSA) is 43.1 Å². The molecule has 0 aliphatic heterocycles. The molecule has 2 nitrogen and oxygen atoms in total. The zero-order chi connectivity index (χ0) is 13.5. The van der Waals surface area contributed by atoms with Gasteiger partial charge in [-0.05, 0) is 17.5 Å². The third-order valence-electron chi connectivity index (χ3n) is 3.13. The van der Waals surface area contributed by atoms with Gasteiger partial charge in [0.05, 0.1) is 5.70 Å². The van der Waals surface area contributed by atoms with Gasteiger partial charge < -0.3 is 5.73 Å². The molecule has 0 bridgehead atoms. The van der Waals surface area contributed by atoms with Gasteiger partial charge in [-0.1, -0.05) is 66.7 Å². The summed E-state index contributed by atoms with van der Waals surface area (Å²) in [6.07, 6.45) is 3.20. The highest BCUT2D eigenvalue weighted by Gasteiger charge is 2.12. The molecule has 2 N–H and O–H groups in total. The van der Waals surface area contributed by atoms with Gasteiger partial charge in [0.25, 0.3) is 0 Å². The first-order valence-electron chi connectivity index (χ1n) is 6.32. The molecule has 0 heterocycles. The van der Waals surface area contributed by atoms with Crippen LogP contribution in [0.4, 0.5) is 0 Å². The van der Waals surface area contributed by atoms with Crippen molar-refractivity contribution in [3.8, 4) is 0 Å². The van der Waals surface area contributed by atoms with Gasteiger partial charge in [0.2, 0.25) is 0 Å². The van der Waals surface area contributed by atoms with Gasteiger partial charge in [0.1, 0.15) is 0 Å². The molecule has 96 valence electrons. The van der Waals surface area contributed by atoms with Crippen LogP contribution in [0.25, 0.3) is 0 Å². The van der Waals surface area contributed by atoms with Crippen molar-refractivity contribution in [3.05, 3.63) is 83.6 Å². The molecule has 0 fully saturated rings. The smallest absolute Gasteiger partial charge is 0.165 e. The third kappa shape index (κ3) is 3.55. The zero-order valence-corrected chi connectivity index (χ0v) is 10.7. The van der Waals surface area contributed by atoms with Crippen molar-refractivity contribution >= 4 is 6.29 Å². The van der Waals surface area contributed by atoms with E-state index in [-0.39, 0.29) is 11.6 Å². The predicted octanol–water partition coefficient (Wildman–Crippen LogP) is 3.25. The normalized spacial score (nSPS) is 11.5. The summed E-state index contributed by atoms with van der Waals surface area (Å²) in [5, 5.41) is 0. The van der Waals surface area contributed by atoms with E-state index < -0.39 is 0 Å². The zero-order valence-electron chi connectivity index (χ0n) is 10.7. The van der Waals surface area contributed by atoms with E-state index in [4.69, 9.17) is 5.73 Å². The van der Waals surface area contributed by atoms with Gasteiger partial charge >= 0.3 is 0 Å². The number of aldehydes is 1. The number of hydrogen-bond acceptors (Lipinski definition) is 2. The van der Waals surface area contributed by atoms with E-state index in [0.29, 0.717) is 6.29 Å². The van der Waals surface area contributed by atoms with E-state index >= 15 is 0 Å². The van der Waals surface area contributed by atoms with Gasteiger partial charge in [-0.15, -0.1) is 0 Å². The Morgan fingerprint density at radius 2 is 1.42 bits per heavy atom. The molecule has 0 amide bonds.